The fourth-order valence-electron chi connectivity index (χ4n) is 3.19. The van der Waals surface area contributed by atoms with Crippen molar-refractivity contribution in [2.24, 2.45) is 0 Å². The highest BCUT2D eigenvalue weighted by atomic mass is 15.3. The Balaban J connectivity index is 1.48. The summed E-state index contributed by atoms with van der Waals surface area (Å²) >= 11 is 0. The summed E-state index contributed by atoms with van der Waals surface area (Å²) in [5.41, 5.74) is 1.84. The quantitative estimate of drug-likeness (QED) is 0.636. The summed E-state index contributed by atoms with van der Waals surface area (Å²) in [5, 5.41) is 6.61. The Morgan fingerprint density at radius 3 is 2.34 bits per heavy atom. The van der Waals surface area contributed by atoms with E-state index in [2.05, 4.69) is 47.4 Å². The number of pyridine rings is 1. The maximum atomic E-state index is 4.63. The highest BCUT2D eigenvalue weighted by Crippen LogP contribution is 2.19. The van der Waals surface area contributed by atoms with Gasteiger partial charge in [-0.3, -0.25) is 9.88 Å². The van der Waals surface area contributed by atoms with Gasteiger partial charge in [0.25, 0.3) is 0 Å². The predicted molar refractivity (Wildman–Crippen MR) is 115 cm³/mol. The number of nitrogens with zero attached hydrogens (tertiary/aromatic N) is 6. The third-order valence-electron chi connectivity index (χ3n) is 4.91. The normalized spacial score (nSPS) is 15.2. The van der Waals surface area contributed by atoms with Crippen LogP contribution in [-0.4, -0.2) is 76.1 Å². The number of aromatic nitrogens is 4. The molecule has 0 atom stereocenters. The van der Waals surface area contributed by atoms with Crippen LogP contribution in [0.1, 0.15) is 0 Å². The van der Waals surface area contributed by atoms with Crippen molar-refractivity contribution in [3.8, 4) is 11.4 Å². The van der Waals surface area contributed by atoms with Crippen LogP contribution in [0.5, 0.6) is 0 Å². The molecule has 3 heterocycles. The average Bonchev–Trinajstić information content (AvgIpc) is 2.76. The molecule has 8 nitrogen and oxygen atoms in total. The first kappa shape index (κ1) is 19.2. The lowest BCUT2D eigenvalue weighted by Crippen LogP contribution is -2.45. The van der Waals surface area contributed by atoms with E-state index in [9.17, 15) is 0 Å². The lowest BCUT2D eigenvalue weighted by molar-refractivity contribution is 0.158. The van der Waals surface area contributed by atoms with E-state index >= 15 is 0 Å². The third-order valence-corrected chi connectivity index (χ3v) is 4.91. The van der Waals surface area contributed by atoms with Crippen LogP contribution in [-0.2, 0) is 0 Å². The van der Waals surface area contributed by atoms with E-state index in [1.165, 1.54) is 0 Å². The number of nitrogens with one attached hydrogen (secondary N) is 2. The minimum atomic E-state index is 0.507. The molecule has 1 aliphatic rings. The van der Waals surface area contributed by atoms with E-state index < -0.39 is 0 Å². The first-order valence-corrected chi connectivity index (χ1v) is 9.89. The van der Waals surface area contributed by atoms with Crippen LogP contribution < -0.4 is 10.6 Å². The number of anilines is 3. The van der Waals surface area contributed by atoms with Crippen molar-refractivity contribution in [3.05, 3.63) is 54.9 Å². The molecular formula is C21H26N8. The Kier molecular flexibility index (Phi) is 6.23. The predicted octanol–water partition coefficient (Wildman–Crippen LogP) is 2.34. The van der Waals surface area contributed by atoms with Crippen LogP contribution in [0, 0.1) is 0 Å². The Hall–Kier alpha value is -3.10. The number of likely N-dealkylation sites (N-methyl/N-ethyl adjacent to an activating group) is 1. The second-order valence-electron chi connectivity index (χ2n) is 7.10. The largest absolute Gasteiger partial charge is 0.353 e. The van der Waals surface area contributed by atoms with Crippen molar-refractivity contribution in [1.29, 1.82) is 0 Å². The van der Waals surface area contributed by atoms with Crippen molar-refractivity contribution < 1.29 is 0 Å². The summed E-state index contributed by atoms with van der Waals surface area (Å²) in [6.45, 7) is 6.18. The molecular weight excluding hydrogens is 364 g/mol. The molecule has 1 saturated heterocycles. The molecule has 0 unspecified atom stereocenters. The molecule has 8 heteroatoms. The van der Waals surface area contributed by atoms with Crippen LogP contribution in [0.15, 0.2) is 54.9 Å². The van der Waals surface area contributed by atoms with Gasteiger partial charge < -0.3 is 15.5 Å². The smallest absolute Gasteiger partial charge is 0.232 e. The lowest BCUT2D eigenvalue weighted by atomic mass is 10.2. The first-order valence-electron chi connectivity index (χ1n) is 9.89. The van der Waals surface area contributed by atoms with Crippen LogP contribution in [0.2, 0.25) is 0 Å². The van der Waals surface area contributed by atoms with E-state index in [-0.39, 0.29) is 0 Å². The van der Waals surface area contributed by atoms with Gasteiger partial charge in [-0.25, -0.2) is 0 Å². The van der Waals surface area contributed by atoms with E-state index in [0.29, 0.717) is 17.7 Å². The topological polar surface area (TPSA) is 82.1 Å². The van der Waals surface area contributed by atoms with Crippen LogP contribution in [0.3, 0.4) is 0 Å². The molecule has 4 rings (SSSR count). The monoisotopic (exact) mass is 390 g/mol. The molecule has 0 aliphatic carbocycles. The number of piperazine rings is 1. The fourth-order valence-corrected chi connectivity index (χ4v) is 3.19. The number of rotatable bonds is 7. The van der Waals surface area contributed by atoms with Gasteiger partial charge in [-0.05, 0) is 19.2 Å². The SMILES string of the molecule is CN1CCN(CCNc2nc(Nc3ccncc3)nc(-c3ccccc3)n2)CC1. The van der Waals surface area contributed by atoms with Crippen LogP contribution in [0.4, 0.5) is 17.6 Å². The molecule has 1 fully saturated rings. The fraction of sp³-hybridized carbons (Fsp3) is 0.333. The minimum Gasteiger partial charge on any atom is -0.353 e. The second-order valence-corrected chi connectivity index (χ2v) is 7.10. The zero-order valence-corrected chi connectivity index (χ0v) is 16.6. The summed E-state index contributed by atoms with van der Waals surface area (Å²) in [6.07, 6.45) is 3.47. The average molecular weight is 390 g/mol. The van der Waals surface area contributed by atoms with Gasteiger partial charge >= 0.3 is 0 Å². The molecule has 0 radical (unpaired) electrons. The molecule has 1 aliphatic heterocycles. The molecule has 0 saturated carbocycles. The molecule has 3 aromatic rings. The van der Waals surface area contributed by atoms with Gasteiger partial charge in [0.05, 0.1) is 0 Å². The number of hydrogen-bond acceptors (Lipinski definition) is 8. The van der Waals surface area contributed by atoms with Gasteiger partial charge in [-0.15, -0.1) is 0 Å². The molecule has 29 heavy (non-hydrogen) atoms. The highest BCUT2D eigenvalue weighted by Gasteiger charge is 2.14. The summed E-state index contributed by atoms with van der Waals surface area (Å²) in [6, 6.07) is 13.7. The number of hydrogen-bond donors (Lipinski definition) is 2. The zero-order chi connectivity index (χ0) is 19.9. The molecule has 0 spiro atoms. The summed E-state index contributed by atoms with van der Waals surface area (Å²) in [5.74, 6) is 1.72. The molecule has 150 valence electrons. The van der Waals surface area contributed by atoms with Gasteiger partial charge in [0.1, 0.15) is 0 Å². The zero-order valence-electron chi connectivity index (χ0n) is 16.6. The highest BCUT2D eigenvalue weighted by molar-refractivity contribution is 5.60. The van der Waals surface area contributed by atoms with Crippen molar-refractivity contribution in [2.45, 2.75) is 0 Å². The van der Waals surface area contributed by atoms with Crippen molar-refractivity contribution in [2.75, 3.05) is 56.9 Å². The minimum absolute atomic E-state index is 0.507. The Morgan fingerprint density at radius 2 is 1.59 bits per heavy atom. The van der Waals surface area contributed by atoms with Crippen molar-refractivity contribution in [1.82, 2.24) is 29.7 Å². The Bertz CT molecular complexity index is 895. The molecule has 0 amide bonds. The van der Waals surface area contributed by atoms with Crippen LogP contribution >= 0.6 is 0 Å². The van der Waals surface area contributed by atoms with E-state index in [4.69, 9.17) is 0 Å². The van der Waals surface area contributed by atoms with Gasteiger partial charge in [-0.2, -0.15) is 15.0 Å². The standard InChI is InChI=1S/C21H26N8/c1-28-13-15-29(16-14-28)12-11-23-20-25-19(17-5-3-2-4-6-17)26-21(27-20)24-18-7-9-22-10-8-18/h2-10H,11-16H2,1H3,(H2,22,23,24,25,26,27). The van der Waals surface area contributed by atoms with Crippen molar-refractivity contribution in [3.63, 3.8) is 0 Å². The number of benzene rings is 1. The maximum absolute atomic E-state index is 4.63. The summed E-state index contributed by atoms with van der Waals surface area (Å²) in [4.78, 5) is 22.6. The first-order chi connectivity index (χ1) is 14.3. The van der Waals surface area contributed by atoms with Gasteiger partial charge in [-0.1, -0.05) is 30.3 Å². The van der Waals surface area contributed by atoms with Gasteiger partial charge in [0, 0.05) is 62.9 Å². The van der Waals surface area contributed by atoms with Gasteiger partial charge in [0.2, 0.25) is 11.9 Å². The summed E-state index contributed by atoms with van der Waals surface area (Å²) in [7, 11) is 2.17. The summed E-state index contributed by atoms with van der Waals surface area (Å²) < 4.78 is 0. The molecule has 0 bridgehead atoms. The Morgan fingerprint density at radius 1 is 0.862 bits per heavy atom. The van der Waals surface area contributed by atoms with E-state index in [0.717, 1.165) is 50.5 Å². The second kappa shape index (κ2) is 9.40. The molecule has 2 aromatic heterocycles. The molecule has 1 aromatic carbocycles. The third kappa shape index (κ3) is 5.46. The maximum Gasteiger partial charge on any atom is 0.232 e. The van der Waals surface area contributed by atoms with Crippen LogP contribution in [0.25, 0.3) is 11.4 Å². The Labute approximate surface area is 171 Å². The van der Waals surface area contributed by atoms with E-state index in [1.54, 1.807) is 12.4 Å². The van der Waals surface area contributed by atoms with Gasteiger partial charge in [0.15, 0.2) is 5.82 Å². The van der Waals surface area contributed by atoms with E-state index in [1.807, 2.05) is 42.5 Å². The van der Waals surface area contributed by atoms with Crippen molar-refractivity contribution >= 4 is 17.6 Å². The molecule has 2 N–H and O–H groups in total. The lowest BCUT2D eigenvalue weighted by Gasteiger charge is -2.32.